The van der Waals surface area contributed by atoms with Crippen LogP contribution < -0.4 is 0 Å². The highest BCUT2D eigenvalue weighted by atomic mass is 19.2. The fourth-order valence-corrected chi connectivity index (χ4v) is 2.08. The van der Waals surface area contributed by atoms with Crippen molar-refractivity contribution < 1.29 is 22.3 Å². The van der Waals surface area contributed by atoms with Crippen LogP contribution in [0, 0.1) is 23.5 Å². The van der Waals surface area contributed by atoms with Gasteiger partial charge in [-0.15, -0.1) is 0 Å². The van der Waals surface area contributed by atoms with Gasteiger partial charge in [0.2, 0.25) is 0 Å². The van der Waals surface area contributed by atoms with Crippen LogP contribution in [0.5, 0.6) is 0 Å². The van der Waals surface area contributed by atoms with Gasteiger partial charge in [-0.2, -0.15) is 13.8 Å². The van der Waals surface area contributed by atoms with E-state index in [1.165, 1.54) is 0 Å². The molecule has 19 heavy (non-hydrogen) atoms. The fraction of sp³-hybridized carbons (Fsp3) is 0.154. The molecule has 0 spiro atoms. The summed E-state index contributed by atoms with van der Waals surface area (Å²) in [4.78, 5) is 2.53. The van der Waals surface area contributed by atoms with Gasteiger partial charge in [0.1, 0.15) is 5.60 Å². The molecule has 2 aromatic rings. The average Bonchev–Trinajstić information content (AvgIpc) is 3.19. The van der Waals surface area contributed by atoms with Crippen LogP contribution in [0.25, 0.3) is 0 Å². The minimum Gasteiger partial charge on any atom is -0.359 e. The number of benzene rings is 1. The van der Waals surface area contributed by atoms with Gasteiger partial charge in [0.15, 0.2) is 11.6 Å². The van der Waals surface area contributed by atoms with Crippen molar-refractivity contribution in [2.75, 3.05) is 6.61 Å². The number of nitrogens with zero attached hydrogens (tertiary/aromatic N) is 1. The Kier molecular flexibility index (Phi) is 2.56. The number of halogens is 4. The molecule has 1 saturated heterocycles. The van der Waals surface area contributed by atoms with Crippen LogP contribution in [-0.4, -0.2) is 11.6 Å². The third-order valence-corrected chi connectivity index (χ3v) is 3.07. The minimum absolute atomic E-state index is 0.0479. The largest absolute Gasteiger partial charge is 0.359 e. The number of hydrogen-bond acceptors (Lipinski definition) is 2. The SMILES string of the molecule is Fc1nc(F)c(F)c([C@@]2(c3ccccc3)CO2)c1F. The van der Waals surface area contributed by atoms with E-state index in [-0.39, 0.29) is 6.61 Å². The zero-order chi connectivity index (χ0) is 13.6. The first-order valence-electron chi connectivity index (χ1n) is 5.46. The molecular weight excluding hydrogens is 262 g/mol. The van der Waals surface area contributed by atoms with Gasteiger partial charge in [-0.05, 0) is 5.56 Å². The predicted molar refractivity (Wildman–Crippen MR) is 57.2 cm³/mol. The Balaban J connectivity index is 2.23. The van der Waals surface area contributed by atoms with Gasteiger partial charge >= 0.3 is 0 Å². The van der Waals surface area contributed by atoms with E-state index in [4.69, 9.17) is 4.74 Å². The molecule has 0 bridgehead atoms. The monoisotopic (exact) mass is 269 g/mol. The zero-order valence-electron chi connectivity index (χ0n) is 9.46. The van der Waals surface area contributed by atoms with Crippen LogP contribution in [0.3, 0.4) is 0 Å². The van der Waals surface area contributed by atoms with Gasteiger partial charge in [0.25, 0.3) is 11.9 Å². The summed E-state index contributed by atoms with van der Waals surface area (Å²) in [5, 5.41) is 0. The van der Waals surface area contributed by atoms with Gasteiger partial charge in [-0.3, -0.25) is 0 Å². The average molecular weight is 269 g/mol. The molecule has 1 aromatic heterocycles. The maximum Gasteiger partial charge on any atom is 0.252 e. The predicted octanol–water partition coefficient (Wildman–Crippen LogP) is 2.91. The van der Waals surface area contributed by atoms with Crippen molar-refractivity contribution in [2.45, 2.75) is 5.60 Å². The van der Waals surface area contributed by atoms with Crippen molar-refractivity contribution in [1.82, 2.24) is 4.98 Å². The molecule has 98 valence electrons. The molecule has 0 radical (unpaired) electrons. The molecule has 6 heteroatoms. The van der Waals surface area contributed by atoms with E-state index in [0.29, 0.717) is 5.56 Å². The maximum absolute atomic E-state index is 13.7. The van der Waals surface area contributed by atoms with E-state index in [2.05, 4.69) is 4.98 Å². The number of hydrogen-bond donors (Lipinski definition) is 0. The first-order chi connectivity index (χ1) is 9.06. The fourth-order valence-electron chi connectivity index (χ4n) is 2.08. The van der Waals surface area contributed by atoms with E-state index < -0.39 is 34.7 Å². The second-order valence-corrected chi connectivity index (χ2v) is 4.18. The summed E-state index contributed by atoms with van der Waals surface area (Å²) in [7, 11) is 0. The third kappa shape index (κ3) is 1.71. The summed E-state index contributed by atoms with van der Waals surface area (Å²) in [6.07, 6.45) is 0. The number of pyridine rings is 1. The van der Waals surface area contributed by atoms with E-state index in [0.717, 1.165) is 0 Å². The van der Waals surface area contributed by atoms with Crippen molar-refractivity contribution in [2.24, 2.45) is 0 Å². The first kappa shape index (κ1) is 12.1. The van der Waals surface area contributed by atoms with Crippen LogP contribution >= 0.6 is 0 Å². The lowest BCUT2D eigenvalue weighted by atomic mass is 9.91. The summed E-state index contributed by atoms with van der Waals surface area (Å²) < 4.78 is 58.9. The lowest BCUT2D eigenvalue weighted by molar-refractivity contribution is 0.312. The summed E-state index contributed by atoms with van der Waals surface area (Å²) in [6, 6.07) is 8.13. The number of rotatable bonds is 2. The maximum atomic E-state index is 13.7. The Hall–Kier alpha value is -1.95. The minimum atomic E-state index is -1.68. The topological polar surface area (TPSA) is 25.4 Å². The number of aromatic nitrogens is 1. The van der Waals surface area contributed by atoms with E-state index >= 15 is 0 Å². The van der Waals surface area contributed by atoms with Crippen LogP contribution in [0.2, 0.25) is 0 Å². The highest BCUT2D eigenvalue weighted by molar-refractivity contribution is 5.41. The van der Waals surface area contributed by atoms with E-state index in [9.17, 15) is 17.6 Å². The smallest absolute Gasteiger partial charge is 0.252 e. The normalized spacial score (nSPS) is 21.5. The Morgan fingerprint density at radius 3 is 1.95 bits per heavy atom. The van der Waals surface area contributed by atoms with Crippen molar-refractivity contribution in [1.29, 1.82) is 0 Å². The summed E-state index contributed by atoms with van der Waals surface area (Å²) in [5.41, 5.74) is -1.82. The van der Waals surface area contributed by atoms with Gasteiger partial charge < -0.3 is 4.74 Å². The number of epoxide rings is 1. The number of ether oxygens (including phenoxy) is 1. The Morgan fingerprint density at radius 1 is 0.947 bits per heavy atom. The highest BCUT2D eigenvalue weighted by Crippen LogP contribution is 2.47. The Morgan fingerprint density at radius 2 is 1.47 bits per heavy atom. The molecule has 1 fully saturated rings. The van der Waals surface area contributed by atoms with Crippen LogP contribution in [0.1, 0.15) is 11.1 Å². The molecule has 1 aliphatic rings. The van der Waals surface area contributed by atoms with Gasteiger partial charge in [0.05, 0.1) is 12.2 Å². The van der Waals surface area contributed by atoms with Crippen molar-refractivity contribution in [3.8, 4) is 0 Å². The molecule has 0 saturated carbocycles. The highest BCUT2D eigenvalue weighted by Gasteiger charge is 2.53. The summed E-state index contributed by atoms with van der Waals surface area (Å²) >= 11 is 0. The van der Waals surface area contributed by atoms with Gasteiger partial charge in [-0.25, -0.2) is 8.78 Å². The van der Waals surface area contributed by atoms with E-state index in [1.807, 2.05) is 0 Å². The van der Waals surface area contributed by atoms with Gasteiger partial charge in [0, 0.05) is 0 Å². The Bertz CT molecular complexity index is 615. The van der Waals surface area contributed by atoms with Gasteiger partial charge in [-0.1, -0.05) is 30.3 Å². The summed E-state index contributed by atoms with van der Waals surface area (Å²) in [5.74, 6) is -6.42. The van der Waals surface area contributed by atoms with E-state index in [1.54, 1.807) is 30.3 Å². The molecule has 2 heterocycles. The standard InChI is InChI=1S/C13H7F4NO/c14-9-8(10(15)12(17)18-11(9)16)13(6-19-13)7-4-2-1-3-5-7/h1-5H,6H2/t13-/m0/s1. The molecule has 1 atom stereocenters. The molecule has 0 unspecified atom stereocenters. The quantitative estimate of drug-likeness (QED) is 0.476. The Labute approximate surface area is 105 Å². The molecule has 3 rings (SSSR count). The lowest BCUT2D eigenvalue weighted by Crippen LogP contribution is -2.19. The molecule has 0 aliphatic carbocycles. The van der Waals surface area contributed by atoms with Crippen LogP contribution in [0.4, 0.5) is 17.6 Å². The summed E-state index contributed by atoms with van der Waals surface area (Å²) in [6.45, 7) is -0.0479. The second kappa shape index (κ2) is 4.03. The first-order valence-corrected chi connectivity index (χ1v) is 5.46. The van der Waals surface area contributed by atoms with Crippen molar-refractivity contribution >= 4 is 0 Å². The molecule has 1 aliphatic heterocycles. The zero-order valence-corrected chi connectivity index (χ0v) is 9.46. The lowest BCUT2D eigenvalue weighted by Gasteiger charge is -2.14. The van der Waals surface area contributed by atoms with Crippen LogP contribution in [-0.2, 0) is 10.3 Å². The molecule has 2 nitrogen and oxygen atoms in total. The molecule has 0 N–H and O–H groups in total. The molecule has 1 aromatic carbocycles. The van der Waals surface area contributed by atoms with Crippen molar-refractivity contribution in [3.63, 3.8) is 0 Å². The molecular formula is C13H7F4NO. The van der Waals surface area contributed by atoms with Crippen molar-refractivity contribution in [3.05, 3.63) is 65.0 Å². The molecule has 0 amide bonds. The third-order valence-electron chi connectivity index (χ3n) is 3.07. The van der Waals surface area contributed by atoms with Crippen LogP contribution in [0.15, 0.2) is 30.3 Å². The second-order valence-electron chi connectivity index (χ2n) is 4.18.